The first-order valence-electron chi connectivity index (χ1n) is 5.50. The zero-order chi connectivity index (χ0) is 13.4. The van der Waals surface area contributed by atoms with Crippen LogP contribution in [0.3, 0.4) is 0 Å². The Hall–Kier alpha value is -2.57. The Morgan fingerprint density at radius 2 is 2.00 bits per heavy atom. The summed E-state index contributed by atoms with van der Waals surface area (Å²) < 4.78 is 28.1. The van der Waals surface area contributed by atoms with E-state index < -0.39 is 11.6 Å². The first-order chi connectivity index (χ1) is 9.15. The van der Waals surface area contributed by atoms with Crippen LogP contribution in [0.15, 0.2) is 30.9 Å². The average molecular weight is 261 g/mol. The molecule has 2 N–H and O–H groups in total. The third kappa shape index (κ3) is 1.99. The maximum absolute atomic E-state index is 13.6. The smallest absolute Gasteiger partial charge is 0.165 e. The summed E-state index contributed by atoms with van der Waals surface area (Å²) >= 11 is 0. The Morgan fingerprint density at radius 3 is 2.79 bits per heavy atom. The first-order valence-corrected chi connectivity index (χ1v) is 5.50. The molecular weight excluding hydrogens is 252 g/mol. The lowest BCUT2D eigenvalue weighted by Gasteiger charge is -2.11. The van der Waals surface area contributed by atoms with E-state index in [1.807, 2.05) is 0 Å². The van der Waals surface area contributed by atoms with Gasteiger partial charge in [-0.1, -0.05) is 6.07 Å². The van der Waals surface area contributed by atoms with E-state index in [1.165, 1.54) is 24.8 Å². The lowest BCUT2D eigenvalue weighted by Crippen LogP contribution is -2.10. The predicted octanol–water partition coefficient (Wildman–Crippen LogP) is 1.69. The van der Waals surface area contributed by atoms with Crippen molar-refractivity contribution in [3.8, 4) is 11.5 Å². The number of aromatic nitrogens is 4. The normalized spacial score (nSPS) is 11.1. The molecule has 0 fully saturated rings. The van der Waals surface area contributed by atoms with Gasteiger partial charge in [-0.05, 0) is 6.07 Å². The highest BCUT2D eigenvalue weighted by atomic mass is 19.1. The number of hydrogen-bond donors (Lipinski definition) is 1. The number of rotatable bonds is 2. The molecule has 0 aliphatic carbocycles. The van der Waals surface area contributed by atoms with Gasteiger partial charge in [-0.2, -0.15) is 0 Å². The molecule has 2 aliphatic heterocycles. The van der Waals surface area contributed by atoms with E-state index >= 15 is 0 Å². The van der Waals surface area contributed by atoms with Gasteiger partial charge in [0.2, 0.25) is 0 Å². The van der Waals surface area contributed by atoms with Crippen LogP contribution in [0.1, 0.15) is 5.56 Å². The molecule has 2 aliphatic rings. The summed E-state index contributed by atoms with van der Waals surface area (Å²) in [7, 11) is 0. The van der Waals surface area contributed by atoms with Crippen molar-refractivity contribution in [1.82, 2.24) is 19.5 Å². The summed E-state index contributed by atoms with van der Waals surface area (Å²) in [6.45, 7) is 0.175. The second-order valence-corrected chi connectivity index (χ2v) is 4.04. The second kappa shape index (κ2) is 4.27. The van der Waals surface area contributed by atoms with Crippen LogP contribution in [0, 0.1) is 11.6 Å². The van der Waals surface area contributed by atoms with Crippen LogP contribution in [0.5, 0.6) is 0 Å². The SMILES string of the molecule is Nc1ncn(Cc2ccc(F)cc2F)c2ncnc1-2. The van der Waals surface area contributed by atoms with Crippen LogP contribution in [0.25, 0.3) is 11.5 Å². The topological polar surface area (TPSA) is 69.6 Å². The van der Waals surface area contributed by atoms with Gasteiger partial charge in [-0.25, -0.2) is 23.7 Å². The Labute approximate surface area is 107 Å². The van der Waals surface area contributed by atoms with Crippen LogP contribution in [0.2, 0.25) is 0 Å². The van der Waals surface area contributed by atoms with E-state index in [2.05, 4.69) is 15.0 Å². The minimum Gasteiger partial charge on any atom is -0.382 e. The monoisotopic (exact) mass is 261 g/mol. The van der Waals surface area contributed by atoms with Crippen molar-refractivity contribution in [2.75, 3.05) is 5.73 Å². The number of nitrogens with zero attached hydrogens (tertiary/aromatic N) is 4. The standard InChI is InChI=1S/C12H9F2N5/c13-8-2-1-7(9(14)3-8)4-19-6-18-11(15)10-12(19)17-5-16-10/h1-3,5-6H,4,15H2. The molecule has 0 spiro atoms. The van der Waals surface area contributed by atoms with Gasteiger partial charge in [0.1, 0.15) is 23.7 Å². The van der Waals surface area contributed by atoms with Crippen molar-refractivity contribution in [1.29, 1.82) is 0 Å². The van der Waals surface area contributed by atoms with Crippen LogP contribution in [-0.2, 0) is 6.54 Å². The molecule has 19 heavy (non-hydrogen) atoms. The zero-order valence-electron chi connectivity index (χ0n) is 9.72. The molecule has 0 radical (unpaired) electrons. The van der Waals surface area contributed by atoms with Crippen LogP contribution in [-0.4, -0.2) is 19.5 Å². The van der Waals surface area contributed by atoms with E-state index in [9.17, 15) is 8.78 Å². The molecule has 0 amide bonds. The van der Waals surface area contributed by atoms with Gasteiger partial charge in [0.05, 0.1) is 12.9 Å². The molecule has 3 rings (SSSR count). The summed E-state index contributed by atoms with van der Waals surface area (Å²) in [4.78, 5) is 12.0. The maximum atomic E-state index is 13.6. The fourth-order valence-electron chi connectivity index (χ4n) is 1.85. The van der Waals surface area contributed by atoms with Crippen molar-refractivity contribution in [2.24, 2.45) is 0 Å². The van der Waals surface area contributed by atoms with E-state index in [0.717, 1.165) is 6.07 Å². The molecule has 0 saturated carbocycles. The Balaban J connectivity index is 2.02. The quantitative estimate of drug-likeness (QED) is 0.762. The Morgan fingerprint density at radius 1 is 1.16 bits per heavy atom. The molecule has 0 bridgehead atoms. The summed E-state index contributed by atoms with van der Waals surface area (Å²) in [6, 6.07) is 3.43. The summed E-state index contributed by atoms with van der Waals surface area (Å²) in [5.41, 5.74) is 6.46. The van der Waals surface area contributed by atoms with Crippen molar-refractivity contribution in [2.45, 2.75) is 6.54 Å². The summed E-state index contributed by atoms with van der Waals surface area (Å²) in [5.74, 6) is -0.448. The van der Waals surface area contributed by atoms with Crippen molar-refractivity contribution in [3.63, 3.8) is 0 Å². The summed E-state index contributed by atoms with van der Waals surface area (Å²) in [5, 5.41) is 0. The zero-order valence-corrected chi connectivity index (χ0v) is 9.72. The van der Waals surface area contributed by atoms with Crippen LogP contribution >= 0.6 is 0 Å². The molecule has 0 unspecified atom stereocenters. The fourth-order valence-corrected chi connectivity index (χ4v) is 1.85. The van der Waals surface area contributed by atoms with Gasteiger partial charge in [-0.3, -0.25) is 0 Å². The molecule has 1 aromatic carbocycles. The van der Waals surface area contributed by atoms with Crippen LogP contribution < -0.4 is 5.73 Å². The van der Waals surface area contributed by atoms with Gasteiger partial charge >= 0.3 is 0 Å². The highest BCUT2D eigenvalue weighted by Crippen LogP contribution is 2.22. The number of nitrogen functional groups attached to an aromatic ring is 1. The van der Waals surface area contributed by atoms with E-state index in [4.69, 9.17) is 5.73 Å². The number of hydrogen-bond acceptors (Lipinski definition) is 4. The number of halogens is 2. The van der Waals surface area contributed by atoms with Crippen molar-refractivity contribution < 1.29 is 8.78 Å². The third-order valence-electron chi connectivity index (χ3n) is 2.79. The number of nitrogens with two attached hydrogens (primary N) is 1. The summed E-state index contributed by atoms with van der Waals surface area (Å²) in [6.07, 6.45) is 2.81. The van der Waals surface area contributed by atoms with Gasteiger partial charge in [-0.15, -0.1) is 0 Å². The van der Waals surface area contributed by atoms with E-state index in [-0.39, 0.29) is 12.4 Å². The minimum absolute atomic E-state index is 0.175. The largest absolute Gasteiger partial charge is 0.382 e. The highest BCUT2D eigenvalue weighted by molar-refractivity contribution is 5.64. The third-order valence-corrected chi connectivity index (χ3v) is 2.79. The molecule has 2 heterocycles. The molecule has 1 aromatic rings. The van der Waals surface area contributed by atoms with Gasteiger partial charge in [0.15, 0.2) is 11.6 Å². The molecule has 0 atom stereocenters. The number of benzene rings is 1. The molecule has 96 valence electrons. The lowest BCUT2D eigenvalue weighted by molar-refractivity contribution is 0.565. The van der Waals surface area contributed by atoms with Crippen molar-refractivity contribution in [3.05, 3.63) is 48.1 Å². The second-order valence-electron chi connectivity index (χ2n) is 4.04. The predicted molar refractivity (Wildman–Crippen MR) is 64.3 cm³/mol. The van der Waals surface area contributed by atoms with E-state index in [1.54, 1.807) is 4.57 Å². The Kier molecular flexibility index (Phi) is 2.59. The number of anilines is 1. The fraction of sp³-hybridized carbons (Fsp3) is 0.0833. The molecular formula is C12H9F2N5. The Bertz CT molecular complexity index is 709. The molecule has 7 heteroatoms. The first kappa shape index (κ1) is 11.5. The van der Waals surface area contributed by atoms with E-state index in [0.29, 0.717) is 17.1 Å². The minimum atomic E-state index is -0.614. The van der Waals surface area contributed by atoms with Gasteiger partial charge in [0, 0.05) is 11.6 Å². The number of fused-ring (bicyclic) bond motifs is 1. The number of imidazole rings is 1. The van der Waals surface area contributed by atoms with Gasteiger partial charge in [0.25, 0.3) is 0 Å². The lowest BCUT2D eigenvalue weighted by atomic mass is 10.2. The molecule has 0 saturated heterocycles. The molecule has 0 aromatic heterocycles. The highest BCUT2D eigenvalue weighted by Gasteiger charge is 2.15. The maximum Gasteiger partial charge on any atom is 0.165 e. The van der Waals surface area contributed by atoms with Crippen molar-refractivity contribution >= 4 is 5.82 Å². The van der Waals surface area contributed by atoms with Crippen LogP contribution in [0.4, 0.5) is 14.6 Å². The molecule has 5 nitrogen and oxygen atoms in total. The van der Waals surface area contributed by atoms with Gasteiger partial charge < -0.3 is 10.3 Å². The average Bonchev–Trinajstić information content (AvgIpc) is 2.86.